The van der Waals surface area contributed by atoms with E-state index in [0.29, 0.717) is 5.75 Å². The number of carbonyl (C=O) groups excluding carboxylic acids is 2. The van der Waals surface area contributed by atoms with Gasteiger partial charge < -0.3 is 15.4 Å². The lowest BCUT2D eigenvalue weighted by molar-refractivity contribution is -0.114. The summed E-state index contributed by atoms with van der Waals surface area (Å²) in [5, 5.41) is 5.58. The van der Waals surface area contributed by atoms with E-state index in [4.69, 9.17) is 4.74 Å². The first-order valence-electron chi connectivity index (χ1n) is 12.4. The van der Waals surface area contributed by atoms with E-state index in [9.17, 15) is 22.4 Å². The molecule has 4 rings (SSSR count). The second-order valence-electron chi connectivity index (χ2n) is 8.86. The zero-order valence-corrected chi connectivity index (χ0v) is 22.7. The van der Waals surface area contributed by atoms with Gasteiger partial charge in [0.15, 0.2) is 0 Å². The number of sulfonamides is 1. The summed E-state index contributed by atoms with van der Waals surface area (Å²) in [7, 11) is -2.79. The molecule has 0 spiro atoms. The standard InChI is InChI=1S/C30H28FN3O5S/c1-21(22-8-4-3-5-9-22)32-30(36)27-10-6-7-11-28(27)33-29(35)20-34(24-14-16-25(39-2)17-15-24)40(37,38)26-18-12-23(31)13-19-26/h3-19,21H,20H2,1-2H3,(H,32,36)(H,33,35). The number of methoxy groups -OCH3 is 1. The molecule has 0 aliphatic carbocycles. The highest BCUT2D eigenvalue weighted by molar-refractivity contribution is 7.92. The first-order chi connectivity index (χ1) is 19.2. The van der Waals surface area contributed by atoms with Gasteiger partial charge in [-0.1, -0.05) is 42.5 Å². The third-order valence-corrected chi connectivity index (χ3v) is 7.93. The highest BCUT2D eigenvalue weighted by atomic mass is 32.2. The Morgan fingerprint density at radius 3 is 2.15 bits per heavy atom. The molecule has 2 amide bonds. The molecule has 8 nitrogen and oxygen atoms in total. The molecule has 0 heterocycles. The Morgan fingerprint density at radius 1 is 0.875 bits per heavy atom. The van der Waals surface area contributed by atoms with E-state index in [1.165, 1.54) is 19.2 Å². The van der Waals surface area contributed by atoms with Gasteiger partial charge in [0, 0.05) is 0 Å². The second kappa shape index (κ2) is 12.4. The van der Waals surface area contributed by atoms with Crippen LogP contribution in [0.2, 0.25) is 0 Å². The van der Waals surface area contributed by atoms with Gasteiger partial charge in [-0.3, -0.25) is 13.9 Å². The van der Waals surface area contributed by atoms with Gasteiger partial charge in [-0.25, -0.2) is 12.8 Å². The Bertz CT molecular complexity index is 1580. The maximum Gasteiger partial charge on any atom is 0.264 e. The number of carbonyl (C=O) groups is 2. The van der Waals surface area contributed by atoms with Crippen LogP contribution in [0.25, 0.3) is 0 Å². The number of ether oxygens (including phenoxy) is 1. The molecule has 2 N–H and O–H groups in total. The quantitative estimate of drug-likeness (QED) is 0.278. The van der Waals surface area contributed by atoms with Gasteiger partial charge in [0.05, 0.1) is 35.0 Å². The zero-order valence-electron chi connectivity index (χ0n) is 21.9. The summed E-state index contributed by atoms with van der Waals surface area (Å²) in [5.74, 6) is -1.18. The molecule has 0 saturated carbocycles. The Morgan fingerprint density at radius 2 is 1.50 bits per heavy atom. The summed E-state index contributed by atoms with van der Waals surface area (Å²) < 4.78 is 46.7. The lowest BCUT2D eigenvalue weighted by Crippen LogP contribution is -2.38. The molecule has 10 heteroatoms. The maximum atomic E-state index is 13.5. The van der Waals surface area contributed by atoms with Crippen molar-refractivity contribution in [2.24, 2.45) is 0 Å². The molecule has 0 radical (unpaired) electrons. The number of rotatable bonds is 10. The zero-order chi connectivity index (χ0) is 28.7. The maximum absolute atomic E-state index is 13.5. The van der Waals surface area contributed by atoms with Crippen LogP contribution in [0.3, 0.4) is 0 Å². The molecule has 4 aromatic rings. The van der Waals surface area contributed by atoms with Crippen LogP contribution < -0.4 is 19.7 Å². The fraction of sp³-hybridized carbons (Fsp3) is 0.133. The fourth-order valence-electron chi connectivity index (χ4n) is 4.01. The first kappa shape index (κ1) is 28.3. The van der Waals surface area contributed by atoms with Crippen molar-refractivity contribution in [1.29, 1.82) is 0 Å². The molecular weight excluding hydrogens is 533 g/mol. The minimum Gasteiger partial charge on any atom is -0.497 e. The predicted octanol–water partition coefficient (Wildman–Crippen LogP) is 5.16. The summed E-state index contributed by atoms with van der Waals surface area (Å²) >= 11 is 0. The lowest BCUT2D eigenvalue weighted by atomic mass is 10.1. The predicted molar refractivity (Wildman–Crippen MR) is 151 cm³/mol. The number of amides is 2. The number of para-hydroxylation sites is 1. The molecule has 0 aromatic heterocycles. The summed E-state index contributed by atoms with van der Waals surface area (Å²) in [6, 6.07) is 26.0. The van der Waals surface area contributed by atoms with Gasteiger partial charge in [-0.05, 0) is 73.2 Å². The first-order valence-corrected chi connectivity index (χ1v) is 13.8. The van der Waals surface area contributed by atoms with Gasteiger partial charge in [0.1, 0.15) is 18.1 Å². The fourth-order valence-corrected chi connectivity index (χ4v) is 5.43. The van der Waals surface area contributed by atoms with Crippen LogP contribution in [0.15, 0.2) is 108 Å². The van der Waals surface area contributed by atoms with E-state index in [0.717, 1.165) is 34.1 Å². The average molecular weight is 562 g/mol. The van der Waals surface area contributed by atoms with Crippen molar-refractivity contribution in [3.63, 3.8) is 0 Å². The Balaban J connectivity index is 1.58. The van der Waals surface area contributed by atoms with Crippen molar-refractivity contribution in [1.82, 2.24) is 5.32 Å². The van der Waals surface area contributed by atoms with Gasteiger partial charge >= 0.3 is 0 Å². The minimum atomic E-state index is -4.27. The van der Waals surface area contributed by atoms with E-state index in [1.54, 1.807) is 36.4 Å². The van der Waals surface area contributed by atoms with Crippen molar-refractivity contribution >= 4 is 33.2 Å². The topological polar surface area (TPSA) is 105 Å². The highest BCUT2D eigenvalue weighted by Gasteiger charge is 2.28. The van der Waals surface area contributed by atoms with Crippen LogP contribution >= 0.6 is 0 Å². The van der Waals surface area contributed by atoms with E-state index >= 15 is 0 Å². The Hall–Kier alpha value is -4.70. The van der Waals surface area contributed by atoms with Gasteiger partial charge in [-0.2, -0.15) is 0 Å². The SMILES string of the molecule is COc1ccc(N(CC(=O)Nc2ccccc2C(=O)NC(C)c2ccccc2)S(=O)(=O)c2ccc(F)cc2)cc1. The minimum absolute atomic E-state index is 0.188. The summed E-state index contributed by atoms with van der Waals surface area (Å²) in [4.78, 5) is 26.1. The van der Waals surface area contributed by atoms with Crippen LogP contribution in [-0.4, -0.2) is 33.9 Å². The molecule has 0 aliphatic rings. The number of benzene rings is 4. The largest absolute Gasteiger partial charge is 0.497 e. The van der Waals surface area contributed by atoms with Crippen LogP contribution in [-0.2, 0) is 14.8 Å². The van der Waals surface area contributed by atoms with Crippen molar-refractivity contribution in [2.75, 3.05) is 23.3 Å². The number of nitrogens with zero attached hydrogens (tertiary/aromatic N) is 1. The number of hydrogen-bond acceptors (Lipinski definition) is 5. The normalized spacial score (nSPS) is 11.8. The van der Waals surface area contributed by atoms with Crippen molar-refractivity contribution in [3.05, 3.63) is 120 Å². The number of nitrogens with one attached hydrogen (secondary N) is 2. The van der Waals surface area contributed by atoms with Gasteiger partial charge in [-0.15, -0.1) is 0 Å². The summed E-state index contributed by atoms with van der Waals surface area (Å²) in [5.41, 5.74) is 1.55. The van der Waals surface area contributed by atoms with Crippen LogP contribution in [0.5, 0.6) is 5.75 Å². The molecule has 1 unspecified atom stereocenters. The Kier molecular flexibility index (Phi) is 8.80. The molecule has 0 fully saturated rings. The highest BCUT2D eigenvalue weighted by Crippen LogP contribution is 2.26. The smallest absolute Gasteiger partial charge is 0.264 e. The van der Waals surface area contributed by atoms with Crippen LogP contribution in [0.1, 0.15) is 28.9 Å². The van der Waals surface area contributed by atoms with Crippen molar-refractivity contribution in [3.8, 4) is 5.75 Å². The molecule has 0 aliphatic heterocycles. The molecule has 4 aromatic carbocycles. The molecular formula is C30H28FN3O5S. The summed E-state index contributed by atoms with van der Waals surface area (Å²) in [6.07, 6.45) is 0. The molecule has 1 atom stereocenters. The van der Waals surface area contributed by atoms with Gasteiger partial charge in [0.25, 0.3) is 15.9 Å². The molecule has 206 valence electrons. The van der Waals surface area contributed by atoms with E-state index in [-0.39, 0.29) is 27.9 Å². The monoisotopic (exact) mass is 561 g/mol. The molecule has 0 saturated heterocycles. The molecule has 40 heavy (non-hydrogen) atoms. The van der Waals surface area contributed by atoms with Crippen LogP contribution in [0, 0.1) is 5.82 Å². The number of hydrogen-bond donors (Lipinski definition) is 2. The van der Waals surface area contributed by atoms with Crippen LogP contribution in [0.4, 0.5) is 15.8 Å². The van der Waals surface area contributed by atoms with Crippen molar-refractivity contribution < 1.29 is 27.1 Å². The van der Waals surface area contributed by atoms with Gasteiger partial charge in [0.2, 0.25) is 5.91 Å². The molecule has 0 bridgehead atoms. The van der Waals surface area contributed by atoms with Crippen molar-refractivity contribution in [2.45, 2.75) is 17.9 Å². The lowest BCUT2D eigenvalue weighted by Gasteiger charge is -2.24. The Labute approximate surface area is 232 Å². The summed E-state index contributed by atoms with van der Waals surface area (Å²) in [6.45, 7) is 1.24. The third kappa shape index (κ3) is 6.65. The third-order valence-electron chi connectivity index (χ3n) is 6.14. The number of anilines is 2. The number of halogens is 1. The average Bonchev–Trinajstić information content (AvgIpc) is 2.97. The van der Waals surface area contributed by atoms with E-state index in [2.05, 4.69) is 10.6 Å². The van der Waals surface area contributed by atoms with E-state index < -0.39 is 34.2 Å². The van der Waals surface area contributed by atoms with E-state index in [1.807, 2.05) is 37.3 Å². The second-order valence-corrected chi connectivity index (χ2v) is 10.7.